The van der Waals surface area contributed by atoms with Crippen LogP contribution in [-0.2, 0) is 19.1 Å². The summed E-state index contributed by atoms with van der Waals surface area (Å²) >= 11 is 0. The number of allylic oxidation sites excluding steroid dienone is 4. The number of rotatable bonds is 14. The third-order valence-electron chi connectivity index (χ3n) is 4.93. The highest BCUT2D eigenvalue weighted by atomic mass is 16.5. The summed E-state index contributed by atoms with van der Waals surface area (Å²) in [6.07, 6.45) is 19.7. The molecule has 0 saturated carbocycles. The normalized spacial score (nSPS) is 14.8. The second-order valence-corrected chi connectivity index (χ2v) is 7.27. The van der Waals surface area contributed by atoms with Crippen molar-refractivity contribution in [2.75, 3.05) is 13.2 Å². The summed E-state index contributed by atoms with van der Waals surface area (Å²) in [5, 5.41) is 0. The van der Waals surface area contributed by atoms with Crippen molar-refractivity contribution in [2.24, 2.45) is 0 Å². The molecule has 4 nitrogen and oxygen atoms in total. The molecule has 1 aliphatic carbocycles. The van der Waals surface area contributed by atoms with E-state index in [1.54, 1.807) is 0 Å². The zero-order valence-corrected chi connectivity index (χ0v) is 17.8. The Kier molecular flexibility index (Phi) is 14.0. The van der Waals surface area contributed by atoms with Gasteiger partial charge in [0.2, 0.25) is 0 Å². The minimum absolute atomic E-state index is 0.327. The molecular formula is C24H38O4. The lowest BCUT2D eigenvalue weighted by molar-refractivity contribution is -0.143. The SMILES string of the molecule is C/C=C/CCCCCOC(=O)C1=C(C(=O)OCCCCC/C=C/C)CCCC1. The predicted octanol–water partition coefficient (Wildman–Crippen LogP) is 6.22. The molecule has 0 atom stereocenters. The lowest BCUT2D eigenvalue weighted by Gasteiger charge is -2.18. The van der Waals surface area contributed by atoms with Gasteiger partial charge in [0.25, 0.3) is 0 Å². The van der Waals surface area contributed by atoms with Crippen LogP contribution in [0.4, 0.5) is 0 Å². The molecule has 0 aliphatic heterocycles. The molecule has 0 bridgehead atoms. The first kappa shape index (κ1) is 24.2. The zero-order valence-electron chi connectivity index (χ0n) is 17.8. The maximum absolute atomic E-state index is 12.4. The largest absolute Gasteiger partial charge is 0.462 e. The van der Waals surface area contributed by atoms with E-state index in [1.165, 1.54) is 0 Å². The van der Waals surface area contributed by atoms with Gasteiger partial charge < -0.3 is 9.47 Å². The highest BCUT2D eigenvalue weighted by Crippen LogP contribution is 2.27. The van der Waals surface area contributed by atoms with Gasteiger partial charge in [0.05, 0.1) is 13.2 Å². The van der Waals surface area contributed by atoms with E-state index in [9.17, 15) is 9.59 Å². The standard InChI is InChI=1S/C24H38O4/c1-3-5-7-9-11-15-19-27-23(25)21-17-13-14-18-22(21)24(26)28-20-16-12-10-8-6-4-2/h3-6H,7-20H2,1-2H3/b5-3+,6-4+. The molecule has 0 amide bonds. The Hall–Kier alpha value is -1.84. The van der Waals surface area contributed by atoms with Crippen molar-refractivity contribution in [2.45, 2.75) is 90.9 Å². The molecule has 0 radical (unpaired) electrons. The van der Waals surface area contributed by atoms with Gasteiger partial charge in [-0.2, -0.15) is 0 Å². The molecule has 1 aliphatic rings. The van der Waals surface area contributed by atoms with Crippen molar-refractivity contribution in [1.29, 1.82) is 0 Å². The van der Waals surface area contributed by atoms with Crippen LogP contribution in [0.5, 0.6) is 0 Å². The smallest absolute Gasteiger partial charge is 0.334 e. The van der Waals surface area contributed by atoms with Gasteiger partial charge in [-0.1, -0.05) is 24.3 Å². The Balaban J connectivity index is 2.36. The van der Waals surface area contributed by atoms with Crippen molar-refractivity contribution in [3.05, 3.63) is 35.5 Å². The van der Waals surface area contributed by atoms with E-state index >= 15 is 0 Å². The summed E-state index contributed by atoms with van der Waals surface area (Å²) in [6, 6.07) is 0. The lowest BCUT2D eigenvalue weighted by Crippen LogP contribution is -2.20. The van der Waals surface area contributed by atoms with Gasteiger partial charge in [0, 0.05) is 11.1 Å². The van der Waals surface area contributed by atoms with Gasteiger partial charge >= 0.3 is 11.9 Å². The topological polar surface area (TPSA) is 52.6 Å². The molecule has 1 rings (SSSR count). The van der Waals surface area contributed by atoms with Crippen molar-refractivity contribution < 1.29 is 19.1 Å². The number of carbonyl (C=O) groups is 2. The van der Waals surface area contributed by atoms with Gasteiger partial charge in [-0.25, -0.2) is 9.59 Å². The molecule has 0 fully saturated rings. The van der Waals surface area contributed by atoms with Crippen molar-refractivity contribution in [1.82, 2.24) is 0 Å². The first-order valence-electron chi connectivity index (χ1n) is 11.0. The van der Waals surface area contributed by atoms with Crippen LogP contribution < -0.4 is 0 Å². The molecular weight excluding hydrogens is 352 g/mol. The highest BCUT2D eigenvalue weighted by Gasteiger charge is 2.25. The van der Waals surface area contributed by atoms with E-state index in [-0.39, 0.29) is 11.9 Å². The van der Waals surface area contributed by atoms with Crippen LogP contribution in [0.1, 0.15) is 90.9 Å². The molecule has 28 heavy (non-hydrogen) atoms. The van der Waals surface area contributed by atoms with E-state index in [0.717, 1.165) is 64.2 Å². The minimum Gasteiger partial charge on any atom is -0.462 e. The maximum Gasteiger partial charge on any atom is 0.334 e. The Bertz CT molecular complexity index is 495. The molecule has 0 saturated heterocycles. The molecule has 0 unspecified atom stereocenters. The second kappa shape index (κ2) is 16.1. The Morgan fingerprint density at radius 3 is 1.54 bits per heavy atom. The van der Waals surface area contributed by atoms with Crippen molar-refractivity contribution in [3.63, 3.8) is 0 Å². The quantitative estimate of drug-likeness (QED) is 0.201. The average molecular weight is 391 g/mol. The van der Waals surface area contributed by atoms with E-state index in [4.69, 9.17) is 9.47 Å². The van der Waals surface area contributed by atoms with Crippen LogP contribution in [0.25, 0.3) is 0 Å². The number of ether oxygens (including phenoxy) is 2. The van der Waals surface area contributed by atoms with Crippen molar-refractivity contribution in [3.8, 4) is 0 Å². The fourth-order valence-electron chi connectivity index (χ4n) is 3.28. The van der Waals surface area contributed by atoms with Gasteiger partial charge in [-0.15, -0.1) is 0 Å². The molecule has 0 aromatic rings. The van der Waals surface area contributed by atoms with Gasteiger partial charge in [0.15, 0.2) is 0 Å². The van der Waals surface area contributed by atoms with Crippen LogP contribution in [0.2, 0.25) is 0 Å². The van der Waals surface area contributed by atoms with Crippen LogP contribution >= 0.6 is 0 Å². The number of hydrogen-bond acceptors (Lipinski definition) is 4. The summed E-state index contributed by atoms with van der Waals surface area (Å²) in [5.74, 6) is -0.655. The van der Waals surface area contributed by atoms with Gasteiger partial charge in [-0.05, 0) is 90.9 Å². The third-order valence-corrected chi connectivity index (χ3v) is 4.93. The Morgan fingerprint density at radius 1 is 0.714 bits per heavy atom. The Morgan fingerprint density at radius 2 is 1.14 bits per heavy atom. The summed E-state index contributed by atoms with van der Waals surface area (Å²) in [6.45, 7) is 4.89. The van der Waals surface area contributed by atoms with Crippen LogP contribution in [0.3, 0.4) is 0 Å². The van der Waals surface area contributed by atoms with Crippen LogP contribution in [-0.4, -0.2) is 25.2 Å². The highest BCUT2D eigenvalue weighted by molar-refractivity contribution is 6.00. The monoisotopic (exact) mass is 390 g/mol. The summed E-state index contributed by atoms with van der Waals surface area (Å²) in [4.78, 5) is 24.8. The fourth-order valence-corrected chi connectivity index (χ4v) is 3.28. The van der Waals surface area contributed by atoms with E-state index in [0.29, 0.717) is 37.2 Å². The molecule has 0 heterocycles. The lowest BCUT2D eigenvalue weighted by atomic mass is 9.91. The molecule has 0 aromatic carbocycles. The predicted molar refractivity (Wildman–Crippen MR) is 114 cm³/mol. The molecule has 0 N–H and O–H groups in total. The Labute approximate surface area is 171 Å². The van der Waals surface area contributed by atoms with E-state index < -0.39 is 0 Å². The molecule has 4 heteroatoms. The minimum atomic E-state index is -0.327. The molecule has 0 aromatic heterocycles. The maximum atomic E-state index is 12.4. The van der Waals surface area contributed by atoms with E-state index in [1.807, 2.05) is 13.8 Å². The first-order chi connectivity index (χ1) is 13.7. The van der Waals surface area contributed by atoms with Crippen LogP contribution in [0.15, 0.2) is 35.5 Å². The molecule has 158 valence electrons. The number of unbranched alkanes of at least 4 members (excludes halogenated alkanes) is 6. The van der Waals surface area contributed by atoms with Gasteiger partial charge in [0.1, 0.15) is 0 Å². The first-order valence-corrected chi connectivity index (χ1v) is 11.0. The fraction of sp³-hybridized carbons (Fsp3) is 0.667. The molecule has 0 spiro atoms. The number of carbonyl (C=O) groups excluding carboxylic acids is 2. The number of esters is 2. The summed E-state index contributed by atoms with van der Waals surface area (Å²) in [7, 11) is 0. The second-order valence-electron chi connectivity index (χ2n) is 7.27. The average Bonchev–Trinajstić information content (AvgIpc) is 2.72. The van der Waals surface area contributed by atoms with Crippen molar-refractivity contribution >= 4 is 11.9 Å². The number of hydrogen-bond donors (Lipinski definition) is 0. The van der Waals surface area contributed by atoms with Gasteiger partial charge in [-0.3, -0.25) is 0 Å². The van der Waals surface area contributed by atoms with E-state index in [2.05, 4.69) is 24.3 Å². The zero-order chi connectivity index (χ0) is 20.5. The van der Waals surface area contributed by atoms with Crippen LogP contribution in [0, 0.1) is 0 Å². The summed E-state index contributed by atoms with van der Waals surface area (Å²) in [5.41, 5.74) is 1.08. The third kappa shape index (κ3) is 10.5. The summed E-state index contributed by atoms with van der Waals surface area (Å²) < 4.78 is 10.8.